The summed E-state index contributed by atoms with van der Waals surface area (Å²) in [5, 5.41) is 5.91. The number of hydrogen-bond acceptors (Lipinski definition) is 5. The predicted molar refractivity (Wildman–Crippen MR) is 93.3 cm³/mol. The maximum absolute atomic E-state index is 11.4. The Morgan fingerprint density at radius 2 is 1.87 bits per heavy atom. The van der Waals surface area contributed by atoms with Gasteiger partial charge in [0.1, 0.15) is 5.01 Å². The summed E-state index contributed by atoms with van der Waals surface area (Å²) in [4.78, 5) is 20.8. The lowest BCUT2D eigenvalue weighted by Gasteiger charge is -2.33. The van der Waals surface area contributed by atoms with Gasteiger partial charge in [-0.1, -0.05) is 30.3 Å². The second-order valence-corrected chi connectivity index (χ2v) is 6.59. The molecule has 0 saturated carbocycles. The minimum absolute atomic E-state index is 0.0884. The first kappa shape index (κ1) is 16.1. The van der Waals surface area contributed by atoms with E-state index in [9.17, 15) is 4.79 Å². The van der Waals surface area contributed by atoms with Gasteiger partial charge in [0.2, 0.25) is 5.91 Å². The third-order valence-electron chi connectivity index (χ3n) is 4.07. The molecule has 122 valence electrons. The lowest BCUT2D eigenvalue weighted by molar-refractivity contribution is -0.122. The Kier molecular flexibility index (Phi) is 5.38. The van der Waals surface area contributed by atoms with E-state index >= 15 is 0 Å². The smallest absolute Gasteiger partial charge is 0.233 e. The molecule has 1 aliphatic heterocycles. The van der Waals surface area contributed by atoms with Crippen LogP contribution in [0.15, 0.2) is 35.7 Å². The Labute approximate surface area is 140 Å². The van der Waals surface area contributed by atoms with Crippen molar-refractivity contribution in [2.45, 2.75) is 6.54 Å². The molecule has 1 aromatic carbocycles. The summed E-state index contributed by atoms with van der Waals surface area (Å²) in [6.45, 7) is 5.22. The molecule has 23 heavy (non-hydrogen) atoms. The molecule has 1 saturated heterocycles. The summed E-state index contributed by atoms with van der Waals surface area (Å²) in [5.41, 5.74) is 2.31. The van der Waals surface area contributed by atoms with Crippen molar-refractivity contribution >= 4 is 17.2 Å². The highest BCUT2D eigenvalue weighted by atomic mass is 32.1. The van der Waals surface area contributed by atoms with Crippen LogP contribution in [-0.4, -0.2) is 60.5 Å². The largest absolute Gasteiger partial charge is 0.358 e. The summed E-state index contributed by atoms with van der Waals surface area (Å²) in [6, 6.07) is 10.3. The first-order chi connectivity index (χ1) is 11.2. The summed E-state index contributed by atoms with van der Waals surface area (Å²) >= 11 is 1.70. The van der Waals surface area contributed by atoms with Crippen LogP contribution >= 0.6 is 11.3 Å². The van der Waals surface area contributed by atoms with Crippen LogP contribution in [0.3, 0.4) is 0 Å². The minimum atomic E-state index is 0.0884. The van der Waals surface area contributed by atoms with Gasteiger partial charge < -0.3 is 5.32 Å². The highest BCUT2D eigenvalue weighted by Gasteiger charge is 2.19. The molecule has 0 radical (unpaired) electrons. The molecule has 5 nitrogen and oxygen atoms in total. The SMILES string of the molecule is CNC(=O)CN1CCN(Cc2csc(-c3ccccc3)n2)CC1. The molecular weight excluding hydrogens is 308 g/mol. The Hall–Kier alpha value is -1.76. The van der Waals surface area contributed by atoms with Gasteiger partial charge in [-0.05, 0) is 0 Å². The van der Waals surface area contributed by atoms with Crippen LogP contribution in [0.2, 0.25) is 0 Å². The number of piperazine rings is 1. The Morgan fingerprint density at radius 1 is 1.17 bits per heavy atom. The predicted octanol–water partition coefficient (Wildman–Crippen LogP) is 1.67. The van der Waals surface area contributed by atoms with E-state index in [-0.39, 0.29) is 5.91 Å². The second-order valence-electron chi connectivity index (χ2n) is 5.74. The van der Waals surface area contributed by atoms with Gasteiger partial charge in [-0.2, -0.15) is 0 Å². The summed E-state index contributed by atoms with van der Waals surface area (Å²) in [7, 11) is 1.69. The fraction of sp³-hybridized carbons (Fsp3) is 0.412. The lowest BCUT2D eigenvalue weighted by Crippen LogP contribution is -2.48. The summed E-state index contributed by atoms with van der Waals surface area (Å²) < 4.78 is 0. The van der Waals surface area contributed by atoms with Crippen molar-refractivity contribution in [3.05, 3.63) is 41.4 Å². The molecule has 2 aromatic rings. The Bertz CT molecular complexity index is 635. The van der Waals surface area contributed by atoms with Gasteiger partial charge >= 0.3 is 0 Å². The average Bonchev–Trinajstić information content (AvgIpc) is 3.06. The highest BCUT2D eigenvalue weighted by Crippen LogP contribution is 2.24. The maximum atomic E-state index is 11.4. The van der Waals surface area contributed by atoms with Gasteiger partial charge in [0.05, 0.1) is 12.2 Å². The second kappa shape index (κ2) is 7.68. The molecule has 0 atom stereocenters. The van der Waals surface area contributed by atoms with Gasteiger partial charge in [-0.15, -0.1) is 11.3 Å². The van der Waals surface area contributed by atoms with Crippen LogP contribution in [0.5, 0.6) is 0 Å². The third-order valence-corrected chi connectivity index (χ3v) is 5.01. The number of carbonyl (C=O) groups excluding carboxylic acids is 1. The number of nitrogens with one attached hydrogen (secondary N) is 1. The number of hydrogen-bond donors (Lipinski definition) is 1. The van der Waals surface area contributed by atoms with Crippen molar-refractivity contribution in [3.8, 4) is 10.6 Å². The zero-order chi connectivity index (χ0) is 16.1. The third kappa shape index (κ3) is 4.37. The molecule has 0 spiro atoms. The quantitative estimate of drug-likeness (QED) is 0.906. The van der Waals surface area contributed by atoms with E-state index in [0.29, 0.717) is 6.54 Å². The summed E-state index contributed by atoms with van der Waals surface area (Å²) in [5.74, 6) is 0.0884. The van der Waals surface area contributed by atoms with Crippen LogP contribution in [0.1, 0.15) is 5.69 Å². The van der Waals surface area contributed by atoms with Crippen LogP contribution < -0.4 is 5.32 Å². The summed E-state index contributed by atoms with van der Waals surface area (Å²) in [6.07, 6.45) is 0. The first-order valence-electron chi connectivity index (χ1n) is 7.89. The van der Waals surface area contributed by atoms with Gasteiger partial charge in [0.25, 0.3) is 0 Å². The van der Waals surface area contributed by atoms with E-state index in [1.54, 1.807) is 18.4 Å². The van der Waals surface area contributed by atoms with E-state index in [4.69, 9.17) is 4.98 Å². The monoisotopic (exact) mass is 330 g/mol. The lowest BCUT2D eigenvalue weighted by atomic mass is 10.2. The van der Waals surface area contributed by atoms with E-state index in [2.05, 4.69) is 32.6 Å². The zero-order valence-corrected chi connectivity index (χ0v) is 14.2. The number of nitrogens with zero attached hydrogens (tertiary/aromatic N) is 3. The molecule has 1 aliphatic rings. The molecule has 1 aromatic heterocycles. The first-order valence-corrected chi connectivity index (χ1v) is 8.77. The number of amides is 1. The topological polar surface area (TPSA) is 48.5 Å². The molecule has 3 rings (SSSR count). The number of likely N-dealkylation sites (N-methyl/N-ethyl adjacent to an activating group) is 1. The van der Waals surface area contributed by atoms with Crippen molar-refractivity contribution in [1.29, 1.82) is 0 Å². The Morgan fingerprint density at radius 3 is 2.57 bits per heavy atom. The van der Waals surface area contributed by atoms with Gasteiger partial charge in [-0.25, -0.2) is 4.98 Å². The van der Waals surface area contributed by atoms with Crippen LogP contribution in [0.25, 0.3) is 10.6 Å². The number of carbonyl (C=O) groups is 1. The number of aromatic nitrogens is 1. The number of benzene rings is 1. The van der Waals surface area contributed by atoms with Crippen molar-refractivity contribution in [2.24, 2.45) is 0 Å². The molecule has 6 heteroatoms. The van der Waals surface area contributed by atoms with E-state index in [1.807, 2.05) is 18.2 Å². The molecule has 0 aliphatic carbocycles. The van der Waals surface area contributed by atoms with Crippen LogP contribution in [-0.2, 0) is 11.3 Å². The van der Waals surface area contributed by atoms with Crippen molar-refractivity contribution in [1.82, 2.24) is 20.1 Å². The van der Waals surface area contributed by atoms with Crippen LogP contribution in [0, 0.1) is 0 Å². The molecular formula is C17H22N4OS. The fourth-order valence-electron chi connectivity index (χ4n) is 2.71. The Balaban J connectivity index is 1.51. The van der Waals surface area contributed by atoms with Gasteiger partial charge in [0.15, 0.2) is 0 Å². The van der Waals surface area contributed by atoms with Gasteiger partial charge in [-0.3, -0.25) is 14.6 Å². The number of rotatable bonds is 5. The number of thiazole rings is 1. The molecule has 2 heterocycles. The molecule has 0 unspecified atom stereocenters. The zero-order valence-electron chi connectivity index (χ0n) is 13.4. The van der Waals surface area contributed by atoms with E-state index in [0.717, 1.165) is 43.4 Å². The van der Waals surface area contributed by atoms with Crippen molar-refractivity contribution in [2.75, 3.05) is 39.8 Å². The highest BCUT2D eigenvalue weighted by molar-refractivity contribution is 7.13. The minimum Gasteiger partial charge on any atom is -0.358 e. The molecule has 1 N–H and O–H groups in total. The molecule has 0 bridgehead atoms. The maximum Gasteiger partial charge on any atom is 0.233 e. The molecule has 1 fully saturated rings. The molecule has 1 amide bonds. The normalized spacial score (nSPS) is 16.4. The van der Waals surface area contributed by atoms with E-state index in [1.165, 1.54) is 5.56 Å². The van der Waals surface area contributed by atoms with Crippen molar-refractivity contribution in [3.63, 3.8) is 0 Å². The van der Waals surface area contributed by atoms with E-state index < -0.39 is 0 Å². The standard InChI is InChI=1S/C17H22N4OS/c1-18-16(22)12-21-9-7-20(8-10-21)11-15-13-23-17(19-15)14-5-3-2-4-6-14/h2-6,13H,7-12H2,1H3,(H,18,22). The van der Waals surface area contributed by atoms with Crippen LogP contribution in [0.4, 0.5) is 0 Å². The fourth-order valence-corrected chi connectivity index (χ4v) is 3.53. The van der Waals surface area contributed by atoms with Crippen molar-refractivity contribution < 1.29 is 4.79 Å². The average molecular weight is 330 g/mol. The van der Waals surface area contributed by atoms with Gasteiger partial charge in [0, 0.05) is 50.7 Å².